The number of aliphatic hydroxyl groups excluding tert-OH is 1. The van der Waals surface area contributed by atoms with E-state index in [9.17, 15) is 9.32 Å². The molecule has 0 saturated heterocycles. The zero-order valence-electron chi connectivity index (χ0n) is 15.1. The van der Waals surface area contributed by atoms with Gasteiger partial charge in [0.15, 0.2) is 5.82 Å². The van der Waals surface area contributed by atoms with Crippen LogP contribution < -0.4 is 0 Å². The van der Waals surface area contributed by atoms with Crippen molar-refractivity contribution in [2.75, 3.05) is 5.75 Å². The summed E-state index contributed by atoms with van der Waals surface area (Å²) >= 11 is 0. The summed E-state index contributed by atoms with van der Waals surface area (Å²) in [6, 6.07) is 6.92. The largest absolute Gasteiger partial charge is 0.464 e. The number of hydrogen-bond acceptors (Lipinski definition) is 4. The van der Waals surface area contributed by atoms with Gasteiger partial charge in [-0.05, 0) is 50.6 Å². The van der Waals surface area contributed by atoms with Crippen molar-refractivity contribution in [2.24, 2.45) is 0 Å². The molecular weight excluding hydrogens is 353 g/mol. The number of fused-ring (bicyclic) bond motifs is 1. The lowest BCUT2D eigenvalue weighted by atomic mass is 10.00. The van der Waals surface area contributed by atoms with Gasteiger partial charge in [-0.3, -0.25) is 9.19 Å². The Morgan fingerprint density at radius 3 is 2.69 bits per heavy atom. The zero-order chi connectivity index (χ0) is 18.9. The van der Waals surface area contributed by atoms with Gasteiger partial charge in [-0.25, -0.2) is 4.39 Å². The molecule has 3 aromatic rings. The van der Waals surface area contributed by atoms with Crippen LogP contribution in [0.3, 0.4) is 0 Å². The van der Waals surface area contributed by atoms with Gasteiger partial charge in [-0.1, -0.05) is 0 Å². The van der Waals surface area contributed by atoms with E-state index in [1.165, 1.54) is 0 Å². The van der Waals surface area contributed by atoms with Crippen LogP contribution in [0.1, 0.15) is 32.0 Å². The number of halogens is 1. The molecule has 0 aliphatic carbocycles. The van der Waals surface area contributed by atoms with Crippen molar-refractivity contribution >= 4 is 21.8 Å². The number of benzene rings is 1. The molecule has 0 saturated carbocycles. The van der Waals surface area contributed by atoms with E-state index in [1.807, 2.05) is 26.8 Å². The van der Waals surface area contributed by atoms with Crippen molar-refractivity contribution in [3.8, 4) is 11.1 Å². The van der Waals surface area contributed by atoms with Crippen molar-refractivity contribution in [3.05, 3.63) is 53.8 Å². The minimum atomic E-state index is -1.08. The average Bonchev–Trinajstić information content (AvgIpc) is 3.07. The van der Waals surface area contributed by atoms with Gasteiger partial charge in [0, 0.05) is 50.4 Å². The minimum absolute atomic E-state index is 0.141. The molecule has 1 atom stereocenters. The van der Waals surface area contributed by atoms with Crippen molar-refractivity contribution in [1.29, 1.82) is 0 Å². The molecule has 1 aromatic carbocycles. The van der Waals surface area contributed by atoms with Crippen LogP contribution in [-0.4, -0.2) is 24.8 Å². The van der Waals surface area contributed by atoms with E-state index in [0.29, 0.717) is 34.4 Å². The predicted octanol–water partition coefficient (Wildman–Crippen LogP) is 4.22. The number of rotatable bonds is 5. The van der Waals surface area contributed by atoms with Gasteiger partial charge in [-0.2, -0.15) is 0 Å². The van der Waals surface area contributed by atoms with E-state index in [2.05, 4.69) is 4.98 Å². The fourth-order valence-corrected chi connectivity index (χ4v) is 3.79. The molecule has 0 aliphatic heterocycles. The fourth-order valence-electron chi connectivity index (χ4n) is 2.80. The molecule has 3 rings (SSSR count). The molecule has 2 heterocycles. The lowest BCUT2D eigenvalue weighted by Gasteiger charge is -2.17. The standard InChI is InChI=1S/C20H22FNO3S/c1-20(2,3)26(24)9-6-17-18(21)15(4-7-22-17)16-11-13(12-23)10-14-5-8-25-19(14)16/h4-5,7-8,10-11,23H,6,9,12H2,1-3H3/t26-/m1/s1. The van der Waals surface area contributed by atoms with Crippen molar-refractivity contribution in [1.82, 2.24) is 4.98 Å². The Labute approximate surface area is 154 Å². The van der Waals surface area contributed by atoms with Gasteiger partial charge >= 0.3 is 0 Å². The highest BCUT2D eigenvalue weighted by Gasteiger charge is 2.21. The second kappa shape index (κ2) is 7.29. The first-order valence-corrected chi connectivity index (χ1v) is 9.76. The van der Waals surface area contributed by atoms with Crippen molar-refractivity contribution in [3.63, 3.8) is 0 Å². The molecular formula is C20H22FNO3S. The highest BCUT2D eigenvalue weighted by Crippen LogP contribution is 2.33. The second-order valence-electron chi connectivity index (χ2n) is 7.17. The number of pyridine rings is 1. The van der Waals surface area contributed by atoms with Gasteiger partial charge in [-0.15, -0.1) is 0 Å². The third-order valence-electron chi connectivity index (χ3n) is 4.25. The van der Waals surface area contributed by atoms with E-state index in [1.54, 1.807) is 30.7 Å². The summed E-state index contributed by atoms with van der Waals surface area (Å²) in [5.74, 6) is -0.0878. The predicted molar refractivity (Wildman–Crippen MR) is 102 cm³/mol. The normalized spacial score (nSPS) is 13.3. The Hall–Kier alpha value is -2.05. The molecule has 0 fully saturated rings. The maximum absolute atomic E-state index is 15.1. The minimum Gasteiger partial charge on any atom is -0.464 e. The first-order valence-electron chi connectivity index (χ1n) is 8.44. The highest BCUT2D eigenvalue weighted by atomic mass is 32.2. The summed E-state index contributed by atoms with van der Waals surface area (Å²) in [4.78, 5) is 4.14. The van der Waals surface area contributed by atoms with E-state index in [4.69, 9.17) is 4.42 Å². The maximum atomic E-state index is 15.1. The van der Waals surface area contributed by atoms with Gasteiger partial charge in [0.1, 0.15) is 5.58 Å². The summed E-state index contributed by atoms with van der Waals surface area (Å²) in [5, 5.41) is 10.3. The number of aromatic nitrogens is 1. The van der Waals surface area contributed by atoms with Crippen molar-refractivity contribution < 1.29 is 18.1 Å². The highest BCUT2D eigenvalue weighted by molar-refractivity contribution is 7.86. The second-order valence-corrected chi connectivity index (χ2v) is 9.50. The Balaban J connectivity index is 2.00. The van der Waals surface area contributed by atoms with E-state index in [0.717, 1.165) is 5.39 Å². The average molecular weight is 375 g/mol. The molecule has 0 bridgehead atoms. The first-order chi connectivity index (χ1) is 12.3. The SMILES string of the molecule is CC(C)(C)[S@](=O)CCc1nccc(-c2cc(CO)cc3ccoc23)c1F. The number of furan rings is 1. The van der Waals surface area contributed by atoms with E-state index in [-0.39, 0.29) is 17.0 Å². The van der Waals surface area contributed by atoms with Gasteiger partial charge in [0.2, 0.25) is 0 Å². The topological polar surface area (TPSA) is 63.3 Å². The van der Waals surface area contributed by atoms with Crippen LogP contribution in [0.5, 0.6) is 0 Å². The summed E-state index contributed by atoms with van der Waals surface area (Å²) in [5.41, 5.74) is 2.48. The van der Waals surface area contributed by atoms with Crippen molar-refractivity contribution in [2.45, 2.75) is 38.5 Å². The Bertz CT molecular complexity index is 959. The molecule has 1 N–H and O–H groups in total. The monoisotopic (exact) mass is 375 g/mol. The number of aliphatic hydroxyl groups is 1. The number of hydrogen-bond donors (Lipinski definition) is 1. The van der Waals surface area contributed by atoms with Crippen LogP contribution in [0, 0.1) is 5.82 Å². The fraction of sp³-hybridized carbons (Fsp3) is 0.350. The smallest absolute Gasteiger partial charge is 0.152 e. The molecule has 2 aromatic heterocycles. The zero-order valence-corrected chi connectivity index (χ0v) is 15.9. The molecule has 6 heteroatoms. The summed E-state index contributed by atoms with van der Waals surface area (Å²) in [7, 11) is -1.08. The summed E-state index contributed by atoms with van der Waals surface area (Å²) in [6.07, 6.45) is 3.39. The summed E-state index contributed by atoms with van der Waals surface area (Å²) in [6.45, 7) is 5.56. The van der Waals surface area contributed by atoms with Crippen LogP contribution in [0.4, 0.5) is 4.39 Å². The molecule has 138 valence electrons. The Morgan fingerprint density at radius 1 is 1.23 bits per heavy atom. The van der Waals surface area contributed by atoms with Crippen LogP contribution >= 0.6 is 0 Å². The Kier molecular flexibility index (Phi) is 5.25. The van der Waals surface area contributed by atoms with Gasteiger partial charge < -0.3 is 9.52 Å². The van der Waals surface area contributed by atoms with E-state index >= 15 is 4.39 Å². The van der Waals surface area contributed by atoms with Gasteiger partial charge in [0.05, 0.1) is 18.6 Å². The maximum Gasteiger partial charge on any atom is 0.152 e. The number of nitrogens with zero attached hydrogens (tertiary/aromatic N) is 1. The lowest BCUT2D eigenvalue weighted by molar-refractivity contribution is 0.282. The lowest BCUT2D eigenvalue weighted by Crippen LogP contribution is -2.25. The molecule has 26 heavy (non-hydrogen) atoms. The third kappa shape index (κ3) is 3.71. The molecule has 0 radical (unpaired) electrons. The van der Waals surface area contributed by atoms with E-state index < -0.39 is 16.6 Å². The van der Waals surface area contributed by atoms with Crippen LogP contribution in [0.15, 0.2) is 41.1 Å². The van der Waals surface area contributed by atoms with Gasteiger partial charge in [0.25, 0.3) is 0 Å². The first kappa shape index (κ1) is 18.7. The van der Waals surface area contributed by atoms with Crippen LogP contribution in [0.2, 0.25) is 0 Å². The quantitative estimate of drug-likeness (QED) is 0.725. The molecule has 4 nitrogen and oxygen atoms in total. The Morgan fingerprint density at radius 2 is 2.00 bits per heavy atom. The molecule has 0 amide bonds. The number of aryl methyl sites for hydroxylation is 1. The van der Waals surface area contributed by atoms with Crippen LogP contribution in [0.25, 0.3) is 22.1 Å². The molecule has 0 unspecified atom stereocenters. The summed E-state index contributed by atoms with van der Waals surface area (Å²) < 4.78 is 32.5. The molecule has 0 spiro atoms. The molecule has 0 aliphatic rings. The third-order valence-corrected chi connectivity index (χ3v) is 6.19. The van der Waals surface area contributed by atoms with Crippen LogP contribution in [-0.2, 0) is 23.8 Å².